The molecule has 0 aliphatic rings. The Morgan fingerprint density at radius 2 is 2.00 bits per heavy atom. The number of aromatic amines is 1. The number of hydrogen-bond donors (Lipinski definition) is 2. The van der Waals surface area contributed by atoms with Crippen LogP contribution in [-0.2, 0) is 0 Å². The second kappa shape index (κ2) is 4.65. The summed E-state index contributed by atoms with van der Waals surface area (Å²) in [6.07, 6.45) is 3.07. The third-order valence-electron chi connectivity index (χ3n) is 3.11. The van der Waals surface area contributed by atoms with Gasteiger partial charge in [0.2, 0.25) is 0 Å². The Hall–Kier alpha value is -2.89. The van der Waals surface area contributed by atoms with E-state index in [1.807, 2.05) is 37.3 Å². The Morgan fingerprint density at radius 3 is 2.65 bits per heavy atom. The van der Waals surface area contributed by atoms with E-state index in [0.717, 1.165) is 16.8 Å². The van der Waals surface area contributed by atoms with Crippen LogP contribution >= 0.6 is 0 Å². The second-order valence-corrected chi connectivity index (χ2v) is 4.41. The van der Waals surface area contributed by atoms with E-state index in [0.29, 0.717) is 11.5 Å². The highest BCUT2D eigenvalue weighted by atomic mass is 16.1. The Bertz CT molecular complexity index is 784. The van der Waals surface area contributed by atoms with Crippen LogP contribution in [0.15, 0.2) is 47.5 Å². The van der Waals surface area contributed by atoms with Crippen LogP contribution in [0.25, 0.3) is 16.9 Å². The van der Waals surface area contributed by atoms with Crippen molar-refractivity contribution < 1.29 is 0 Å². The first-order valence-corrected chi connectivity index (χ1v) is 6.12. The Kier molecular flexibility index (Phi) is 2.83. The van der Waals surface area contributed by atoms with Gasteiger partial charge in [-0.05, 0) is 19.1 Å². The molecule has 100 valence electrons. The summed E-state index contributed by atoms with van der Waals surface area (Å²) in [7, 11) is 0. The molecule has 3 aromatic rings. The van der Waals surface area contributed by atoms with Gasteiger partial charge in [0.15, 0.2) is 0 Å². The summed E-state index contributed by atoms with van der Waals surface area (Å²) in [6.45, 7) is 1.89. The SMILES string of the molecule is Cc1c(-c2cnc(=O)[nH]c2)nn(-c2ccccc2)c1N. The number of para-hydroxylation sites is 1. The zero-order valence-electron chi connectivity index (χ0n) is 10.9. The van der Waals surface area contributed by atoms with Crippen molar-refractivity contribution in [2.45, 2.75) is 6.92 Å². The van der Waals surface area contributed by atoms with E-state index < -0.39 is 0 Å². The maximum Gasteiger partial charge on any atom is 0.344 e. The number of benzene rings is 1. The number of nitrogens with zero attached hydrogens (tertiary/aromatic N) is 3. The molecule has 3 N–H and O–H groups in total. The van der Waals surface area contributed by atoms with Gasteiger partial charge in [-0.15, -0.1) is 0 Å². The largest absolute Gasteiger partial charge is 0.383 e. The predicted octanol–water partition coefficient (Wildman–Crippen LogP) is 1.51. The Balaban J connectivity index is 2.15. The van der Waals surface area contributed by atoms with E-state index in [1.165, 1.54) is 6.20 Å². The Morgan fingerprint density at radius 1 is 1.25 bits per heavy atom. The van der Waals surface area contributed by atoms with Crippen molar-refractivity contribution in [2.75, 3.05) is 5.73 Å². The molecule has 0 saturated carbocycles. The van der Waals surface area contributed by atoms with E-state index in [9.17, 15) is 4.79 Å². The number of nitrogens with one attached hydrogen (secondary N) is 1. The molecular weight excluding hydrogens is 254 g/mol. The van der Waals surface area contributed by atoms with Crippen molar-refractivity contribution in [3.8, 4) is 16.9 Å². The normalized spacial score (nSPS) is 10.7. The molecule has 0 bridgehead atoms. The summed E-state index contributed by atoms with van der Waals surface area (Å²) in [4.78, 5) is 17.3. The maximum absolute atomic E-state index is 11.0. The van der Waals surface area contributed by atoms with Crippen molar-refractivity contribution in [2.24, 2.45) is 0 Å². The first-order valence-electron chi connectivity index (χ1n) is 6.12. The zero-order chi connectivity index (χ0) is 14.1. The number of nitrogens with two attached hydrogens (primary N) is 1. The number of anilines is 1. The molecule has 2 heterocycles. The third kappa shape index (κ3) is 1.97. The zero-order valence-corrected chi connectivity index (χ0v) is 10.9. The van der Waals surface area contributed by atoms with Gasteiger partial charge in [0.25, 0.3) is 0 Å². The van der Waals surface area contributed by atoms with E-state index in [1.54, 1.807) is 10.9 Å². The molecule has 0 aliphatic carbocycles. The molecule has 20 heavy (non-hydrogen) atoms. The smallest absolute Gasteiger partial charge is 0.344 e. The summed E-state index contributed by atoms with van der Waals surface area (Å²) in [5.41, 5.74) is 8.89. The number of H-pyrrole nitrogens is 1. The topological polar surface area (TPSA) is 89.6 Å². The predicted molar refractivity (Wildman–Crippen MR) is 76.6 cm³/mol. The molecule has 1 aromatic carbocycles. The van der Waals surface area contributed by atoms with Crippen molar-refractivity contribution in [3.63, 3.8) is 0 Å². The van der Waals surface area contributed by atoms with Crippen LogP contribution in [0.1, 0.15) is 5.56 Å². The van der Waals surface area contributed by atoms with Crippen LogP contribution in [-0.4, -0.2) is 19.7 Å². The van der Waals surface area contributed by atoms with E-state index in [-0.39, 0.29) is 5.69 Å². The molecule has 0 saturated heterocycles. The lowest BCUT2D eigenvalue weighted by Gasteiger charge is -2.02. The van der Waals surface area contributed by atoms with E-state index >= 15 is 0 Å². The lowest BCUT2D eigenvalue weighted by Crippen LogP contribution is -2.08. The minimum absolute atomic E-state index is 0.387. The summed E-state index contributed by atoms with van der Waals surface area (Å²) in [6, 6.07) is 9.64. The van der Waals surface area contributed by atoms with Gasteiger partial charge in [0.05, 0.1) is 5.69 Å². The summed E-state index contributed by atoms with van der Waals surface area (Å²) in [5.74, 6) is 0.567. The fourth-order valence-electron chi connectivity index (χ4n) is 2.02. The second-order valence-electron chi connectivity index (χ2n) is 4.41. The molecule has 6 heteroatoms. The first kappa shape index (κ1) is 12.2. The number of rotatable bonds is 2. The van der Waals surface area contributed by atoms with Gasteiger partial charge in [-0.3, -0.25) is 0 Å². The molecular formula is C14H13N5O. The van der Waals surface area contributed by atoms with Crippen LogP contribution in [0.4, 0.5) is 5.82 Å². The fraction of sp³-hybridized carbons (Fsp3) is 0.0714. The summed E-state index contributed by atoms with van der Waals surface area (Å²) in [5, 5.41) is 4.51. The van der Waals surface area contributed by atoms with Gasteiger partial charge >= 0.3 is 5.69 Å². The average molecular weight is 267 g/mol. The van der Waals surface area contributed by atoms with Crippen LogP contribution in [0.3, 0.4) is 0 Å². The minimum Gasteiger partial charge on any atom is -0.383 e. The number of nitrogen functional groups attached to an aromatic ring is 1. The van der Waals surface area contributed by atoms with Crippen molar-refractivity contribution >= 4 is 5.82 Å². The molecule has 0 aliphatic heterocycles. The van der Waals surface area contributed by atoms with Crippen LogP contribution < -0.4 is 11.4 Å². The van der Waals surface area contributed by atoms with Gasteiger partial charge in [0, 0.05) is 23.5 Å². The molecule has 6 nitrogen and oxygen atoms in total. The monoisotopic (exact) mass is 267 g/mol. The molecule has 0 amide bonds. The summed E-state index contributed by atoms with van der Waals surface area (Å²) < 4.78 is 1.68. The number of hydrogen-bond acceptors (Lipinski definition) is 4. The van der Waals surface area contributed by atoms with Gasteiger partial charge in [-0.2, -0.15) is 5.10 Å². The third-order valence-corrected chi connectivity index (χ3v) is 3.11. The average Bonchev–Trinajstić information content (AvgIpc) is 2.77. The molecule has 3 rings (SSSR count). The molecule has 0 fully saturated rings. The van der Waals surface area contributed by atoms with Crippen LogP contribution in [0, 0.1) is 6.92 Å². The van der Waals surface area contributed by atoms with E-state index in [4.69, 9.17) is 5.73 Å². The van der Waals surface area contributed by atoms with Crippen molar-refractivity contribution in [1.29, 1.82) is 0 Å². The van der Waals surface area contributed by atoms with Gasteiger partial charge in [0.1, 0.15) is 11.5 Å². The van der Waals surface area contributed by atoms with Gasteiger partial charge < -0.3 is 10.7 Å². The highest BCUT2D eigenvalue weighted by Gasteiger charge is 2.14. The molecule has 0 spiro atoms. The fourth-order valence-corrected chi connectivity index (χ4v) is 2.02. The van der Waals surface area contributed by atoms with Crippen molar-refractivity contribution in [1.82, 2.24) is 19.7 Å². The molecule has 2 aromatic heterocycles. The van der Waals surface area contributed by atoms with Gasteiger partial charge in [-0.25, -0.2) is 14.5 Å². The molecule has 0 unspecified atom stereocenters. The van der Waals surface area contributed by atoms with Crippen LogP contribution in [0.2, 0.25) is 0 Å². The lowest BCUT2D eigenvalue weighted by molar-refractivity contribution is 0.893. The highest BCUT2D eigenvalue weighted by Crippen LogP contribution is 2.27. The minimum atomic E-state index is -0.387. The molecule has 0 atom stereocenters. The van der Waals surface area contributed by atoms with E-state index in [2.05, 4.69) is 15.1 Å². The highest BCUT2D eigenvalue weighted by molar-refractivity contribution is 5.67. The quantitative estimate of drug-likeness (QED) is 0.736. The van der Waals surface area contributed by atoms with Crippen LogP contribution in [0.5, 0.6) is 0 Å². The number of aromatic nitrogens is 4. The van der Waals surface area contributed by atoms with Gasteiger partial charge in [-0.1, -0.05) is 18.2 Å². The lowest BCUT2D eigenvalue weighted by atomic mass is 10.1. The van der Waals surface area contributed by atoms with Crippen molar-refractivity contribution in [3.05, 3.63) is 58.8 Å². The first-order chi connectivity index (χ1) is 9.66. The maximum atomic E-state index is 11.0. The summed E-state index contributed by atoms with van der Waals surface area (Å²) >= 11 is 0. The Labute approximate surface area is 114 Å². The molecule has 0 radical (unpaired) electrons. The standard InChI is InChI=1S/C14H13N5O/c1-9-12(10-7-16-14(20)17-8-10)18-19(13(9)15)11-5-3-2-4-6-11/h2-8H,15H2,1H3,(H,16,17,20).